The third-order valence-corrected chi connectivity index (χ3v) is 3.02. The minimum atomic E-state index is -0.131. The van der Waals surface area contributed by atoms with Crippen molar-refractivity contribution >= 4 is 11.6 Å². The van der Waals surface area contributed by atoms with Gasteiger partial charge in [-0.3, -0.25) is 4.79 Å². The van der Waals surface area contributed by atoms with Gasteiger partial charge in [-0.25, -0.2) is 4.68 Å². The average molecular weight is 279 g/mol. The van der Waals surface area contributed by atoms with Crippen molar-refractivity contribution in [3.63, 3.8) is 0 Å². The molecule has 6 nitrogen and oxygen atoms in total. The van der Waals surface area contributed by atoms with Crippen LogP contribution >= 0.6 is 0 Å². The van der Waals surface area contributed by atoms with Gasteiger partial charge < -0.3 is 5.32 Å². The third kappa shape index (κ3) is 2.94. The predicted molar refractivity (Wildman–Crippen MR) is 78.3 cm³/mol. The second-order valence-corrected chi connectivity index (χ2v) is 4.62. The Hall–Kier alpha value is -3.02. The van der Waals surface area contributed by atoms with Crippen molar-refractivity contribution in [2.24, 2.45) is 0 Å². The highest BCUT2D eigenvalue weighted by Crippen LogP contribution is 2.13. The van der Waals surface area contributed by atoms with Crippen molar-refractivity contribution in [2.45, 2.75) is 6.92 Å². The number of carbonyl (C=O) groups excluding carboxylic acids is 1. The number of nitrogens with zero attached hydrogens (tertiary/aromatic N) is 4. The molecule has 2 aromatic carbocycles. The van der Waals surface area contributed by atoms with Gasteiger partial charge in [0.15, 0.2) is 0 Å². The molecule has 6 heteroatoms. The summed E-state index contributed by atoms with van der Waals surface area (Å²) in [5.74, 6) is -0.131. The Bertz CT molecular complexity index is 750. The van der Waals surface area contributed by atoms with Crippen molar-refractivity contribution in [2.75, 3.05) is 5.32 Å². The fraction of sp³-hybridized carbons (Fsp3) is 0.0667. The molecule has 21 heavy (non-hydrogen) atoms. The molecule has 1 heterocycles. The van der Waals surface area contributed by atoms with Gasteiger partial charge >= 0.3 is 0 Å². The van der Waals surface area contributed by atoms with Gasteiger partial charge in [0.1, 0.15) is 6.33 Å². The fourth-order valence-corrected chi connectivity index (χ4v) is 1.97. The SMILES string of the molecule is Cc1cccc(C(=O)Nc2ccc(-n3cnnn3)cc2)c1. The van der Waals surface area contributed by atoms with E-state index in [1.54, 1.807) is 10.7 Å². The van der Waals surface area contributed by atoms with Crippen LogP contribution in [0.5, 0.6) is 0 Å². The Labute approximate surface area is 121 Å². The molecule has 0 spiro atoms. The summed E-state index contributed by atoms with van der Waals surface area (Å²) in [5.41, 5.74) is 3.24. The van der Waals surface area contributed by atoms with E-state index in [2.05, 4.69) is 20.8 Å². The highest BCUT2D eigenvalue weighted by atomic mass is 16.1. The quantitative estimate of drug-likeness (QED) is 0.798. The van der Waals surface area contributed by atoms with Gasteiger partial charge in [-0.2, -0.15) is 0 Å². The van der Waals surface area contributed by atoms with E-state index in [4.69, 9.17) is 0 Å². The summed E-state index contributed by atoms with van der Waals surface area (Å²) < 4.78 is 1.55. The molecule has 0 saturated carbocycles. The molecule has 0 aliphatic rings. The Morgan fingerprint density at radius 2 is 1.95 bits per heavy atom. The van der Waals surface area contributed by atoms with Gasteiger partial charge in [-0.15, -0.1) is 5.10 Å². The molecule has 0 fully saturated rings. The monoisotopic (exact) mass is 279 g/mol. The van der Waals surface area contributed by atoms with Gasteiger partial charge in [0.25, 0.3) is 5.91 Å². The van der Waals surface area contributed by atoms with Crippen LogP contribution < -0.4 is 5.32 Å². The third-order valence-electron chi connectivity index (χ3n) is 3.02. The average Bonchev–Trinajstić information content (AvgIpc) is 3.02. The zero-order chi connectivity index (χ0) is 14.7. The van der Waals surface area contributed by atoms with Gasteiger partial charge in [0, 0.05) is 11.3 Å². The molecule has 0 saturated heterocycles. The van der Waals surface area contributed by atoms with Crippen LogP contribution in [0.15, 0.2) is 54.9 Å². The Morgan fingerprint density at radius 3 is 2.62 bits per heavy atom. The maximum atomic E-state index is 12.1. The molecule has 3 rings (SSSR count). The fourth-order valence-electron chi connectivity index (χ4n) is 1.97. The molecule has 1 aromatic heterocycles. The minimum Gasteiger partial charge on any atom is -0.322 e. The lowest BCUT2D eigenvalue weighted by Gasteiger charge is -2.07. The first-order chi connectivity index (χ1) is 10.2. The molecule has 0 atom stereocenters. The van der Waals surface area contributed by atoms with Gasteiger partial charge in [-0.1, -0.05) is 17.7 Å². The van der Waals surface area contributed by atoms with E-state index in [-0.39, 0.29) is 5.91 Å². The molecular formula is C15H13N5O. The highest BCUT2D eigenvalue weighted by molar-refractivity contribution is 6.04. The van der Waals surface area contributed by atoms with Crippen LogP contribution in [0.3, 0.4) is 0 Å². The molecular weight excluding hydrogens is 266 g/mol. The topological polar surface area (TPSA) is 72.7 Å². The van der Waals surface area contributed by atoms with Crippen LogP contribution in [0.4, 0.5) is 5.69 Å². The maximum Gasteiger partial charge on any atom is 0.255 e. The lowest BCUT2D eigenvalue weighted by Crippen LogP contribution is -2.12. The molecule has 0 bridgehead atoms. The van der Waals surface area contributed by atoms with E-state index in [0.717, 1.165) is 16.9 Å². The van der Waals surface area contributed by atoms with Crippen molar-refractivity contribution in [3.05, 3.63) is 66.0 Å². The number of aromatic nitrogens is 4. The minimum absolute atomic E-state index is 0.131. The van der Waals surface area contributed by atoms with E-state index in [9.17, 15) is 4.79 Å². The maximum absolute atomic E-state index is 12.1. The van der Waals surface area contributed by atoms with Crippen molar-refractivity contribution in [1.29, 1.82) is 0 Å². The van der Waals surface area contributed by atoms with Gasteiger partial charge in [0.05, 0.1) is 5.69 Å². The molecule has 0 aliphatic carbocycles. The Kier molecular flexibility index (Phi) is 3.42. The number of nitrogens with one attached hydrogen (secondary N) is 1. The number of hydrogen-bond acceptors (Lipinski definition) is 4. The summed E-state index contributed by atoms with van der Waals surface area (Å²) in [6.45, 7) is 1.96. The van der Waals surface area contributed by atoms with Crippen LogP contribution in [-0.2, 0) is 0 Å². The summed E-state index contributed by atoms with van der Waals surface area (Å²) >= 11 is 0. The summed E-state index contributed by atoms with van der Waals surface area (Å²) in [6.07, 6.45) is 1.51. The van der Waals surface area contributed by atoms with Crippen LogP contribution in [0.2, 0.25) is 0 Å². The summed E-state index contributed by atoms with van der Waals surface area (Å²) in [7, 11) is 0. The summed E-state index contributed by atoms with van der Waals surface area (Å²) in [5, 5.41) is 13.8. The number of tetrazole rings is 1. The first-order valence-electron chi connectivity index (χ1n) is 6.44. The van der Waals surface area contributed by atoms with Gasteiger partial charge in [-0.05, 0) is 53.7 Å². The highest BCUT2D eigenvalue weighted by Gasteiger charge is 2.06. The molecule has 104 valence electrons. The number of hydrogen-bond donors (Lipinski definition) is 1. The van der Waals surface area contributed by atoms with Crippen molar-refractivity contribution < 1.29 is 4.79 Å². The number of anilines is 1. The Balaban J connectivity index is 1.75. The molecule has 1 amide bonds. The smallest absolute Gasteiger partial charge is 0.255 e. The molecule has 0 aliphatic heterocycles. The molecule has 1 N–H and O–H groups in total. The van der Waals surface area contributed by atoms with E-state index >= 15 is 0 Å². The van der Waals surface area contributed by atoms with E-state index in [0.29, 0.717) is 5.56 Å². The predicted octanol–water partition coefficient (Wildman–Crippen LogP) is 2.22. The van der Waals surface area contributed by atoms with Crippen LogP contribution in [0, 0.1) is 6.92 Å². The number of rotatable bonds is 3. The van der Waals surface area contributed by atoms with E-state index < -0.39 is 0 Å². The first-order valence-corrected chi connectivity index (χ1v) is 6.44. The zero-order valence-corrected chi connectivity index (χ0v) is 11.4. The number of aryl methyl sites for hydroxylation is 1. The van der Waals surface area contributed by atoms with Crippen LogP contribution in [-0.4, -0.2) is 26.1 Å². The largest absolute Gasteiger partial charge is 0.322 e. The van der Waals surface area contributed by atoms with Crippen molar-refractivity contribution in [3.8, 4) is 5.69 Å². The lowest BCUT2D eigenvalue weighted by atomic mass is 10.1. The van der Waals surface area contributed by atoms with Crippen LogP contribution in [0.1, 0.15) is 15.9 Å². The summed E-state index contributed by atoms with van der Waals surface area (Å²) in [6, 6.07) is 14.8. The molecule has 3 aromatic rings. The zero-order valence-electron chi connectivity index (χ0n) is 11.4. The van der Waals surface area contributed by atoms with Gasteiger partial charge in [0.2, 0.25) is 0 Å². The van der Waals surface area contributed by atoms with E-state index in [1.165, 1.54) is 6.33 Å². The molecule has 0 radical (unpaired) electrons. The second-order valence-electron chi connectivity index (χ2n) is 4.62. The molecule has 0 unspecified atom stereocenters. The van der Waals surface area contributed by atoms with E-state index in [1.807, 2.05) is 49.4 Å². The van der Waals surface area contributed by atoms with Crippen molar-refractivity contribution in [1.82, 2.24) is 20.2 Å². The standard InChI is InChI=1S/C15H13N5O/c1-11-3-2-4-12(9-11)15(21)17-13-5-7-14(8-6-13)20-10-16-18-19-20/h2-10H,1H3,(H,17,21). The van der Waals surface area contributed by atoms with Crippen LogP contribution in [0.25, 0.3) is 5.69 Å². The first kappa shape index (κ1) is 13.0. The Morgan fingerprint density at radius 1 is 1.14 bits per heavy atom. The number of benzene rings is 2. The summed E-state index contributed by atoms with van der Waals surface area (Å²) in [4.78, 5) is 12.1. The normalized spacial score (nSPS) is 10.3. The lowest BCUT2D eigenvalue weighted by molar-refractivity contribution is 0.102. The second kappa shape index (κ2) is 5.54. The number of carbonyl (C=O) groups is 1. The number of amides is 1.